The van der Waals surface area contributed by atoms with Crippen LogP contribution < -0.4 is 0 Å². The maximum atomic E-state index is 11.4. The van der Waals surface area contributed by atoms with E-state index in [2.05, 4.69) is 6.92 Å². The van der Waals surface area contributed by atoms with Crippen LogP contribution in [0.25, 0.3) is 0 Å². The van der Waals surface area contributed by atoms with Crippen molar-refractivity contribution in [3.05, 3.63) is 0 Å². The zero-order valence-electron chi connectivity index (χ0n) is 10.7. The van der Waals surface area contributed by atoms with Crippen LogP contribution in [0.5, 0.6) is 0 Å². The number of carbonyl (C=O) groups excluding carboxylic acids is 2. The van der Waals surface area contributed by atoms with E-state index in [-0.39, 0.29) is 25.2 Å². The largest absolute Gasteiger partial charge is 0.461 e. The van der Waals surface area contributed by atoms with Gasteiger partial charge < -0.3 is 9.47 Å². The van der Waals surface area contributed by atoms with Gasteiger partial charge in [-0.2, -0.15) is 0 Å². The molecule has 1 unspecified atom stereocenters. The van der Waals surface area contributed by atoms with Crippen molar-refractivity contribution in [3.63, 3.8) is 0 Å². The van der Waals surface area contributed by atoms with Crippen molar-refractivity contribution in [3.8, 4) is 0 Å². The maximum Gasteiger partial charge on any atom is 0.316 e. The molecule has 0 aromatic heterocycles. The first-order valence-corrected chi connectivity index (χ1v) is 8.43. The normalized spacial score (nSPS) is 23.5. The lowest BCUT2D eigenvalue weighted by Crippen LogP contribution is -2.20. The highest BCUT2D eigenvalue weighted by Gasteiger charge is 2.15. The van der Waals surface area contributed by atoms with Gasteiger partial charge in [-0.15, -0.1) is 23.5 Å². The highest BCUT2D eigenvalue weighted by Crippen LogP contribution is 2.22. The molecule has 0 aliphatic carbocycles. The molecule has 0 aromatic rings. The molecule has 104 valence electrons. The van der Waals surface area contributed by atoms with Crippen LogP contribution in [-0.2, 0) is 19.1 Å². The third kappa shape index (κ3) is 7.16. The summed E-state index contributed by atoms with van der Waals surface area (Å²) in [5.41, 5.74) is 0. The van der Waals surface area contributed by atoms with Gasteiger partial charge in [0.15, 0.2) is 0 Å². The van der Waals surface area contributed by atoms with E-state index < -0.39 is 0 Å². The molecule has 18 heavy (non-hydrogen) atoms. The van der Waals surface area contributed by atoms with Gasteiger partial charge in [0.25, 0.3) is 0 Å². The van der Waals surface area contributed by atoms with Crippen LogP contribution in [0.4, 0.5) is 0 Å². The second-order valence-electron chi connectivity index (χ2n) is 4.03. The van der Waals surface area contributed by atoms with Gasteiger partial charge in [-0.25, -0.2) is 0 Å². The van der Waals surface area contributed by atoms with E-state index in [4.69, 9.17) is 9.47 Å². The number of esters is 2. The van der Waals surface area contributed by atoms with Gasteiger partial charge in [-0.05, 0) is 6.42 Å². The molecule has 1 aliphatic rings. The fraction of sp³-hybridized carbons (Fsp3) is 0.833. The second-order valence-corrected chi connectivity index (χ2v) is 6.35. The van der Waals surface area contributed by atoms with Crippen LogP contribution in [0.3, 0.4) is 0 Å². The summed E-state index contributed by atoms with van der Waals surface area (Å²) >= 11 is 3.23. The molecule has 0 bridgehead atoms. The van der Waals surface area contributed by atoms with Gasteiger partial charge in [-0.3, -0.25) is 9.59 Å². The second kappa shape index (κ2) is 9.55. The molecule has 1 rings (SSSR count). The molecular weight excluding hydrogens is 272 g/mol. The Morgan fingerprint density at radius 3 is 2.50 bits per heavy atom. The van der Waals surface area contributed by atoms with E-state index >= 15 is 0 Å². The Morgan fingerprint density at radius 1 is 1.17 bits per heavy atom. The Bertz CT molecular complexity index is 271. The molecule has 0 aromatic carbocycles. The Labute approximate surface area is 117 Å². The van der Waals surface area contributed by atoms with Crippen molar-refractivity contribution >= 4 is 35.5 Å². The Kier molecular flexibility index (Phi) is 8.33. The summed E-state index contributed by atoms with van der Waals surface area (Å²) in [6.45, 7) is 2.48. The molecule has 1 heterocycles. The van der Waals surface area contributed by atoms with Crippen LogP contribution >= 0.6 is 23.5 Å². The van der Waals surface area contributed by atoms with Gasteiger partial charge in [0, 0.05) is 11.0 Å². The fourth-order valence-corrected chi connectivity index (χ4v) is 3.76. The molecule has 6 heteroatoms. The topological polar surface area (TPSA) is 52.6 Å². The summed E-state index contributed by atoms with van der Waals surface area (Å²) in [6.07, 6.45) is 3.38. The first-order valence-electron chi connectivity index (χ1n) is 6.23. The molecule has 1 aliphatic heterocycles. The van der Waals surface area contributed by atoms with E-state index in [0.717, 1.165) is 25.0 Å². The predicted octanol–water partition coefficient (Wildman–Crippen LogP) is 2.11. The lowest BCUT2D eigenvalue weighted by atomic mass is 10.2. The molecule has 4 nitrogen and oxygen atoms in total. The lowest BCUT2D eigenvalue weighted by molar-refractivity contribution is -0.148. The summed E-state index contributed by atoms with van der Waals surface area (Å²) in [5.74, 6) is 1.21. The average molecular weight is 292 g/mol. The van der Waals surface area contributed by atoms with Crippen molar-refractivity contribution in [1.82, 2.24) is 0 Å². The van der Waals surface area contributed by atoms with Gasteiger partial charge in [0.05, 0.1) is 11.5 Å². The van der Waals surface area contributed by atoms with Gasteiger partial charge in [0.2, 0.25) is 0 Å². The number of cyclic esters (lactones) is 2. The van der Waals surface area contributed by atoms with E-state index in [1.54, 1.807) is 23.5 Å². The molecule has 1 atom stereocenters. The van der Waals surface area contributed by atoms with Crippen molar-refractivity contribution in [2.45, 2.75) is 31.4 Å². The first kappa shape index (κ1) is 15.7. The predicted molar refractivity (Wildman–Crippen MR) is 75.0 cm³/mol. The molecular formula is C12H20O4S2. The molecule has 0 spiro atoms. The zero-order valence-corrected chi connectivity index (χ0v) is 12.3. The number of unbranched alkanes of at least 4 members (excludes halogenated alkanes) is 1. The van der Waals surface area contributed by atoms with Crippen LogP contribution in [0.15, 0.2) is 0 Å². The SMILES string of the molecule is CCCCC1CSCC(=O)OCCOC(=O)CS1. The molecule has 1 fully saturated rings. The van der Waals surface area contributed by atoms with E-state index in [1.165, 1.54) is 0 Å². The summed E-state index contributed by atoms with van der Waals surface area (Å²) in [7, 11) is 0. The van der Waals surface area contributed by atoms with E-state index in [9.17, 15) is 9.59 Å². The molecule has 0 amide bonds. The molecule has 0 N–H and O–H groups in total. The minimum absolute atomic E-state index is 0.162. The fourth-order valence-electron chi connectivity index (χ4n) is 1.50. The number of ether oxygens (including phenoxy) is 2. The van der Waals surface area contributed by atoms with E-state index in [0.29, 0.717) is 16.8 Å². The first-order chi connectivity index (χ1) is 8.72. The van der Waals surface area contributed by atoms with Gasteiger partial charge in [0.1, 0.15) is 13.2 Å². The standard InChI is InChI=1S/C12H20O4S2/c1-2-3-4-10-7-17-8-11(13)15-5-6-16-12(14)9-18-10/h10H,2-9H2,1H3. The minimum atomic E-state index is -0.226. The third-order valence-electron chi connectivity index (χ3n) is 2.45. The number of thioether (sulfide) groups is 2. The molecule has 1 saturated heterocycles. The van der Waals surface area contributed by atoms with Gasteiger partial charge >= 0.3 is 11.9 Å². The minimum Gasteiger partial charge on any atom is -0.461 e. The Morgan fingerprint density at radius 2 is 1.83 bits per heavy atom. The van der Waals surface area contributed by atoms with Crippen LogP contribution in [-0.4, -0.2) is 47.7 Å². The highest BCUT2D eigenvalue weighted by atomic mass is 32.2. The van der Waals surface area contributed by atoms with E-state index in [1.807, 2.05) is 0 Å². The highest BCUT2D eigenvalue weighted by molar-refractivity contribution is 8.04. The van der Waals surface area contributed by atoms with Crippen LogP contribution in [0, 0.1) is 0 Å². The summed E-state index contributed by atoms with van der Waals surface area (Å²) in [5, 5.41) is 0.412. The maximum absolute atomic E-state index is 11.4. The summed E-state index contributed by atoms with van der Waals surface area (Å²) in [4.78, 5) is 22.7. The van der Waals surface area contributed by atoms with Crippen molar-refractivity contribution in [2.24, 2.45) is 0 Å². The number of rotatable bonds is 3. The van der Waals surface area contributed by atoms with Crippen molar-refractivity contribution < 1.29 is 19.1 Å². The van der Waals surface area contributed by atoms with Crippen molar-refractivity contribution in [2.75, 3.05) is 30.5 Å². The smallest absolute Gasteiger partial charge is 0.316 e. The quantitative estimate of drug-likeness (QED) is 0.743. The van der Waals surface area contributed by atoms with Crippen LogP contribution in [0.2, 0.25) is 0 Å². The Hall–Kier alpha value is -0.360. The monoisotopic (exact) mass is 292 g/mol. The Balaban J connectivity index is 2.42. The number of hydrogen-bond donors (Lipinski definition) is 0. The molecule has 0 saturated carbocycles. The molecule has 0 radical (unpaired) electrons. The average Bonchev–Trinajstić information content (AvgIpc) is 2.35. The zero-order chi connectivity index (χ0) is 13.2. The lowest BCUT2D eigenvalue weighted by Gasteiger charge is -2.16. The number of hydrogen-bond acceptors (Lipinski definition) is 6. The third-order valence-corrected chi connectivity index (χ3v) is 5.01. The van der Waals surface area contributed by atoms with Gasteiger partial charge in [-0.1, -0.05) is 19.8 Å². The van der Waals surface area contributed by atoms with Crippen molar-refractivity contribution in [1.29, 1.82) is 0 Å². The number of carbonyl (C=O) groups is 2. The van der Waals surface area contributed by atoms with Crippen LogP contribution in [0.1, 0.15) is 26.2 Å². The summed E-state index contributed by atoms with van der Waals surface area (Å²) in [6, 6.07) is 0. The summed E-state index contributed by atoms with van der Waals surface area (Å²) < 4.78 is 9.91.